The van der Waals surface area contributed by atoms with E-state index in [1.807, 2.05) is 0 Å². The number of nitrogens with zero attached hydrogens (tertiary/aromatic N) is 4. The smallest absolute Gasteiger partial charge is 0.311 e. The SMILES string of the molecule is COc1c[nH]c(CN([N+]#N)c2c(C)noc2C)cc1=O. The van der Waals surface area contributed by atoms with E-state index in [1.165, 1.54) is 24.4 Å². The van der Waals surface area contributed by atoms with Crippen molar-refractivity contribution >= 4 is 5.69 Å². The van der Waals surface area contributed by atoms with E-state index in [0.717, 1.165) is 0 Å². The Morgan fingerprint density at radius 2 is 2.30 bits per heavy atom. The fourth-order valence-electron chi connectivity index (χ4n) is 1.91. The van der Waals surface area contributed by atoms with Crippen LogP contribution in [0.2, 0.25) is 0 Å². The number of aromatic nitrogens is 2. The fraction of sp³-hybridized carbons (Fsp3) is 0.333. The molecule has 0 bridgehead atoms. The van der Waals surface area contributed by atoms with Crippen LogP contribution in [-0.2, 0) is 6.54 Å². The van der Waals surface area contributed by atoms with E-state index in [4.69, 9.17) is 14.7 Å². The number of aromatic amines is 1. The molecule has 0 radical (unpaired) electrons. The van der Waals surface area contributed by atoms with Gasteiger partial charge in [0.25, 0.3) is 5.39 Å². The van der Waals surface area contributed by atoms with Gasteiger partial charge in [-0.25, -0.2) is 0 Å². The molecule has 8 heteroatoms. The summed E-state index contributed by atoms with van der Waals surface area (Å²) in [7, 11) is 1.42. The van der Waals surface area contributed by atoms with Crippen molar-refractivity contribution in [2.24, 2.45) is 0 Å². The Bertz CT molecular complexity index is 693. The minimum absolute atomic E-state index is 0.165. The van der Waals surface area contributed by atoms with Crippen molar-refractivity contribution in [2.75, 3.05) is 12.1 Å². The Morgan fingerprint density at radius 3 is 2.80 bits per heavy atom. The molecule has 8 nitrogen and oxygen atoms in total. The van der Waals surface area contributed by atoms with Gasteiger partial charge in [-0.3, -0.25) is 4.79 Å². The number of aryl methyl sites for hydroxylation is 2. The van der Waals surface area contributed by atoms with Gasteiger partial charge in [0.05, 0.1) is 7.11 Å². The van der Waals surface area contributed by atoms with Gasteiger partial charge in [0.2, 0.25) is 5.43 Å². The molecule has 0 aliphatic rings. The van der Waals surface area contributed by atoms with Crippen molar-refractivity contribution in [3.05, 3.63) is 44.7 Å². The first-order chi connectivity index (χ1) is 9.56. The maximum atomic E-state index is 11.7. The molecule has 2 heterocycles. The highest BCUT2D eigenvalue weighted by Gasteiger charge is 2.26. The Hall–Kier alpha value is -2.82. The Balaban J connectivity index is 2.30. The second-order valence-electron chi connectivity index (χ2n) is 4.21. The summed E-state index contributed by atoms with van der Waals surface area (Å²) < 4.78 is 9.91. The number of methoxy groups -OCH3 is 1. The van der Waals surface area contributed by atoms with Gasteiger partial charge in [0, 0.05) is 23.0 Å². The van der Waals surface area contributed by atoms with Gasteiger partial charge in [0.1, 0.15) is 12.2 Å². The maximum Gasteiger partial charge on any atom is 0.311 e. The molecule has 2 rings (SSSR count). The largest absolute Gasteiger partial charge is 0.491 e. The van der Waals surface area contributed by atoms with Crippen molar-refractivity contribution in [1.82, 2.24) is 10.1 Å². The first-order valence-electron chi connectivity index (χ1n) is 5.87. The standard InChI is InChI=1S/C12H13N5O3/c1-7-12(8(2)20-15-7)17(16-13)6-9-4-10(18)11(19-3)5-14-9/h4-5H,6H2,1-3H3/p+1. The quantitative estimate of drug-likeness (QED) is 0.674. The van der Waals surface area contributed by atoms with Gasteiger partial charge in [0.15, 0.2) is 17.2 Å². The highest BCUT2D eigenvalue weighted by molar-refractivity contribution is 5.53. The Morgan fingerprint density at radius 1 is 1.55 bits per heavy atom. The number of nitrogens with one attached hydrogen (secondary N) is 1. The third kappa shape index (κ3) is 2.47. The number of rotatable bonds is 4. The van der Waals surface area contributed by atoms with Crippen LogP contribution in [0.3, 0.4) is 0 Å². The number of H-pyrrole nitrogens is 1. The van der Waals surface area contributed by atoms with Crippen LogP contribution < -0.4 is 15.2 Å². The molecule has 1 N–H and O–H groups in total. The molecule has 0 aliphatic carbocycles. The van der Waals surface area contributed by atoms with Crippen molar-refractivity contribution in [2.45, 2.75) is 20.4 Å². The third-order valence-electron chi connectivity index (χ3n) is 2.84. The molecule has 0 aliphatic heterocycles. The number of hydrogen-bond donors (Lipinski definition) is 1. The Kier molecular flexibility index (Phi) is 3.70. The van der Waals surface area contributed by atoms with Crippen molar-refractivity contribution in [1.29, 1.82) is 5.39 Å². The van der Waals surface area contributed by atoms with Crippen molar-refractivity contribution < 1.29 is 9.26 Å². The lowest BCUT2D eigenvalue weighted by Crippen LogP contribution is -2.17. The molecule has 0 saturated heterocycles. The topological polar surface area (TPSA) is 99.5 Å². The summed E-state index contributed by atoms with van der Waals surface area (Å²) in [6.07, 6.45) is 1.46. The van der Waals surface area contributed by atoms with Gasteiger partial charge in [-0.2, -0.15) is 0 Å². The van der Waals surface area contributed by atoms with Gasteiger partial charge in [-0.15, -0.1) is 0 Å². The highest BCUT2D eigenvalue weighted by atomic mass is 16.5. The summed E-state index contributed by atoms with van der Waals surface area (Å²) >= 11 is 0. The highest BCUT2D eigenvalue weighted by Crippen LogP contribution is 2.25. The lowest BCUT2D eigenvalue weighted by atomic mass is 10.3. The summed E-state index contributed by atoms with van der Waals surface area (Å²) in [4.78, 5) is 14.6. The molecular formula is C12H14N5O3+. The van der Waals surface area contributed by atoms with E-state index in [0.29, 0.717) is 22.8 Å². The predicted molar refractivity (Wildman–Crippen MR) is 70.9 cm³/mol. The lowest BCUT2D eigenvalue weighted by molar-refractivity contribution is 0.393. The summed E-state index contributed by atoms with van der Waals surface area (Å²) in [5.41, 5.74) is 1.46. The second-order valence-corrected chi connectivity index (χ2v) is 4.21. The van der Waals surface area contributed by atoms with Crippen LogP contribution >= 0.6 is 0 Å². The zero-order valence-corrected chi connectivity index (χ0v) is 11.4. The van der Waals surface area contributed by atoms with E-state index in [1.54, 1.807) is 13.8 Å². The molecule has 0 aromatic carbocycles. The summed E-state index contributed by atoms with van der Waals surface area (Å²) in [5.74, 6) is 0.745. The number of hydrogen-bond acceptors (Lipinski definition) is 6. The van der Waals surface area contributed by atoms with Gasteiger partial charge in [-0.1, -0.05) is 5.16 Å². The zero-order chi connectivity index (χ0) is 14.7. The molecule has 0 unspecified atom stereocenters. The minimum Gasteiger partial charge on any atom is -0.491 e. The number of ether oxygens (including phenoxy) is 1. The van der Waals surface area contributed by atoms with Crippen LogP contribution in [0, 0.1) is 19.2 Å². The van der Waals surface area contributed by atoms with Crippen LogP contribution in [0.25, 0.3) is 5.08 Å². The first-order valence-corrected chi connectivity index (χ1v) is 5.87. The maximum absolute atomic E-state index is 11.7. The molecule has 104 valence electrons. The molecular weight excluding hydrogens is 262 g/mol. The summed E-state index contributed by atoms with van der Waals surface area (Å²) in [5, 5.41) is 17.4. The monoisotopic (exact) mass is 276 g/mol. The summed E-state index contributed by atoms with van der Waals surface area (Å²) in [6.45, 7) is 3.61. The van der Waals surface area contributed by atoms with E-state index in [-0.39, 0.29) is 17.7 Å². The predicted octanol–water partition coefficient (Wildman–Crippen LogP) is 1.76. The van der Waals surface area contributed by atoms with E-state index >= 15 is 0 Å². The van der Waals surface area contributed by atoms with E-state index in [2.05, 4.69) is 15.2 Å². The van der Waals surface area contributed by atoms with Crippen LogP contribution in [0.4, 0.5) is 5.69 Å². The molecule has 0 amide bonds. The molecule has 0 atom stereocenters. The molecule has 20 heavy (non-hydrogen) atoms. The zero-order valence-electron chi connectivity index (χ0n) is 11.4. The first kappa shape index (κ1) is 13.6. The van der Waals surface area contributed by atoms with Crippen LogP contribution in [0.1, 0.15) is 17.1 Å². The molecule has 2 aromatic heterocycles. The average Bonchev–Trinajstić information content (AvgIpc) is 2.76. The van der Waals surface area contributed by atoms with Crippen LogP contribution in [0.15, 0.2) is 21.6 Å². The molecule has 0 fully saturated rings. The molecule has 0 spiro atoms. The molecule has 2 aromatic rings. The van der Waals surface area contributed by atoms with Crippen molar-refractivity contribution in [3.63, 3.8) is 0 Å². The van der Waals surface area contributed by atoms with Crippen LogP contribution in [0.5, 0.6) is 5.75 Å². The third-order valence-corrected chi connectivity index (χ3v) is 2.84. The minimum atomic E-state index is -0.252. The Labute approximate surface area is 114 Å². The average molecular weight is 276 g/mol. The number of diazo groups is 1. The van der Waals surface area contributed by atoms with E-state index < -0.39 is 0 Å². The van der Waals surface area contributed by atoms with Gasteiger partial charge >= 0.3 is 5.08 Å². The van der Waals surface area contributed by atoms with E-state index in [9.17, 15) is 4.79 Å². The van der Waals surface area contributed by atoms with Gasteiger partial charge in [-0.05, 0) is 13.8 Å². The molecule has 0 saturated carbocycles. The summed E-state index contributed by atoms with van der Waals surface area (Å²) in [6, 6.07) is 1.38. The second kappa shape index (κ2) is 5.44. The normalized spacial score (nSPS) is 10.1. The fourth-order valence-corrected chi connectivity index (χ4v) is 1.91. The van der Waals surface area contributed by atoms with Gasteiger partial charge < -0.3 is 14.2 Å². The number of pyridine rings is 1. The van der Waals surface area contributed by atoms with Crippen molar-refractivity contribution in [3.8, 4) is 5.75 Å². The number of anilines is 1. The van der Waals surface area contributed by atoms with Crippen LogP contribution in [-0.4, -0.2) is 17.3 Å². The lowest BCUT2D eigenvalue weighted by Gasteiger charge is -2.05.